The first-order chi connectivity index (χ1) is 16.4. The molecule has 0 saturated carbocycles. The Morgan fingerprint density at radius 2 is 2.26 bits per heavy atom. The quantitative estimate of drug-likeness (QED) is 0.350. The van der Waals surface area contributed by atoms with Crippen molar-refractivity contribution in [1.82, 2.24) is 10.3 Å². The summed E-state index contributed by atoms with van der Waals surface area (Å²) in [6.45, 7) is 5.26. The molecule has 9 nitrogen and oxygen atoms in total. The molecule has 176 valence electrons. The first kappa shape index (κ1) is 24.9. The van der Waals surface area contributed by atoms with Crippen LogP contribution in [-0.4, -0.2) is 41.4 Å². The molecule has 0 aliphatic carbocycles. The summed E-state index contributed by atoms with van der Waals surface area (Å²) in [5, 5.41) is 28.5. The summed E-state index contributed by atoms with van der Waals surface area (Å²) in [5.41, 5.74) is 1.49. The van der Waals surface area contributed by atoms with E-state index in [2.05, 4.69) is 28.3 Å². The van der Waals surface area contributed by atoms with Crippen LogP contribution in [0.5, 0.6) is 11.5 Å². The second kappa shape index (κ2) is 11.4. The SMILES string of the molecule is C=CCOC(=O)C1=C(C)NC(SCC(=O)Nc2nccs2)=C(C#N)C1c1ccc(O)c(OC)c1. The normalized spacial score (nSPS) is 15.3. The predicted octanol–water partition coefficient (Wildman–Crippen LogP) is 3.65. The van der Waals surface area contributed by atoms with Crippen molar-refractivity contribution in [3.8, 4) is 17.6 Å². The average molecular weight is 499 g/mol. The molecular formula is C23H22N4O5S2. The molecule has 34 heavy (non-hydrogen) atoms. The molecule has 0 fully saturated rings. The molecule has 1 unspecified atom stereocenters. The van der Waals surface area contributed by atoms with Gasteiger partial charge in [0.2, 0.25) is 5.91 Å². The summed E-state index contributed by atoms with van der Waals surface area (Å²) < 4.78 is 10.5. The molecule has 3 N–H and O–H groups in total. The van der Waals surface area contributed by atoms with Crippen molar-refractivity contribution in [3.63, 3.8) is 0 Å². The number of thioether (sulfide) groups is 1. The van der Waals surface area contributed by atoms with Crippen LogP contribution in [0, 0.1) is 11.3 Å². The summed E-state index contributed by atoms with van der Waals surface area (Å²) >= 11 is 2.43. The van der Waals surface area contributed by atoms with Gasteiger partial charge in [-0.05, 0) is 24.6 Å². The van der Waals surface area contributed by atoms with Gasteiger partial charge < -0.3 is 25.2 Å². The summed E-state index contributed by atoms with van der Waals surface area (Å²) in [6, 6.07) is 6.78. The number of hydrogen-bond acceptors (Lipinski definition) is 10. The van der Waals surface area contributed by atoms with Crippen LogP contribution in [0.4, 0.5) is 5.13 Å². The number of hydrogen-bond donors (Lipinski definition) is 3. The highest BCUT2D eigenvalue weighted by Crippen LogP contribution is 2.43. The minimum Gasteiger partial charge on any atom is -0.504 e. The van der Waals surface area contributed by atoms with Gasteiger partial charge in [0.1, 0.15) is 6.61 Å². The molecule has 1 aromatic carbocycles. The van der Waals surface area contributed by atoms with Gasteiger partial charge >= 0.3 is 5.97 Å². The highest BCUT2D eigenvalue weighted by Gasteiger charge is 2.36. The van der Waals surface area contributed by atoms with Gasteiger partial charge in [-0.1, -0.05) is 30.5 Å². The minimum absolute atomic E-state index is 0.00532. The van der Waals surface area contributed by atoms with E-state index in [4.69, 9.17) is 9.47 Å². The van der Waals surface area contributed by atoms with Crippen molar-refractivity contribution >= 4 is 40.1 Å². The van der Waals surface area contributed by atoms with Crippen molar-refractivity contribution in [2.45, 2.75) is 12.8 Å². The number of allylic oxidation sites excluding steroid dienone is 2. The van der Waals surface area contributed by atoms with Crippen LogP contribution >= 0.6 is 23.1 Å². The largest absolute Gasteiger partial charge is 0.504 e. The van der Waals surface area contributed by atoms with E-state index < -0.39 is 11.9 Å². The van der Waals surface area contributed by atoms with Crippen molar-refractivity contribution in [3.05, 3.63) is 69.9 Å². The lowest BCUT2D eigenvalue weighted by Crippen LogP contribution is -2.29. The number of carbonyl (C=O) groups is 2. The first-order valence-electron chi connectivity index (χ1n) is 9.98. The van der Waals surface area contributed by atoms with Crippen LogP contribution in [-0.2, 0) is 14.3 Å². The van der Waals surface area contributed by atoms with E-state index >= 15 is 0 Å². The zero-order valence-corrected chi connectivity index (χ0v) is 20.1. The smallest absolute Gasteiger partial charge is 0.337 e. The monoisotopic (exact) mass is 498 g/mol. The van der Waals surface area contributed by atoms with Crippen LogP contribution in [0.2, 0.25) is 0 Å². The van der Waals surface area contributed by atoms with Crippen molar-refractivity contribution in [2.75, 3.05) is 24.8 Å². The van der Waals surface area contributed by atoms with Crippen molar-refractivity contribution < 1.29 is 24.2 Å². The molecule has 0 saturated heterocycles. The van der Waals surface area contributed by atoms with Gasteiger partial charge in [-0.3, -0.25) is 4.79 Å². The van der Waals surface area contributed by atoms with Crippen LogP contribution < -0.4 is 15.4 Å². The van der Waals surface area contributed by atoms with Crippen LogP contribution in [0.25, 0.3) is 0 Å². The van der Waals surface area contributed by atoms with E-state index in [9.17, 15) is 20.0 Å². The number of methoxy groups -OCH3 is 1. The summed E-state index contributed by atoms with van der Waals surface area (Å²) in [5.74, 6) is -1.56. The number of esters is 1. The third-order valence-electron chi connectivity index (χ3n) is 4.76. The Kier molecular flexibility index (Phi) is 8.34. The maximum Gasteiger partial charge on any atom is 0.337 e. The Bertz CT molecular complexity index is 1200. The van der Waals surface area contributed by atoms with Gasteiger partial charge in [0.25, 0.3) is 0 Å². The number of nitrogens with one attached hydrogen (secondary N) is 2. The van der Waals surface area contributed by atoms with Gasteiger partial charge in [0.15, 0.2) is 16.6 Å². The lowest BCUT2D eigenvalue weighted by atomic mass is 9.82. The predicted molar refractivity (Wildman–Crippen MR) is 130 cm³/mol. The Morgan fingerprint density at radius 1 is 1.47 bits per heavy atom. The third-order valence-corrected chi connectivity index (χ3v) is 6.47. The highest BCUT2D eigenvalue weighted by atomic mass is 32.2. The summed E-state index contributed by atoms with van der Waals surface area (Å²) in [7, 11) is 1.41. The number of nitrogens with zero attached hydrogens (tertiary/aromatic N) is 2. The molecule has 2 heterocycles. The molecule has 11 heteroatoms. The van der Waals surface area contributed by atoms with Gasteiger partial charge in [-0.2, -0.15) is 5.26 Å². The van der Waals surface area contributed by atoms with Crippen LogP contribution in [0.3, 0.4) is 0 Å². The zero-order chi connectivity index (χ0) is 24.7. The number of thiazole rings is 1. The van der Waals surface area contributed by atoms with Crippen molar-refractivity contribution in [1.29, 1.82) is 5.26 Å². The van der Waals surface area contributed by atoms with E-state index in [0.29, 0.717) is 21.4 Å². The molecule has 1 amide bonds. The Morgan fingerprint density at radius 3 is 2.91 bits per heavy atom. The number of anilines is 1. The Hall–Kier alpha value is -3.75. The Balaban J connectivity index is 1.98. The fraction of sp³-hybridized carbons (Fsp3) is 0.217. The number of carbonyl (C=O) groups excluding carboxylic acids is 2. The van der Waals surface area contributed by atoms with Gasteiger partial charge in [0.05, 0.1) is 41.0 Å². The fourth-order valence-electron chi connectivity index (χ4n) is 3.29. The average Bonchev–Trinajstić information content (AvgIpc) is 3.34. The van der Waals surface area contributed by atoms with E-state index in [1.807, 2.05) is 0 Å². The fourth-order valence-corrected chi connectivity index (χ4v) is 4.73. The highest BCUT2D eigenvalue weighted by molar-refractivity contribution is 8.03. The molecular weight excluding hydrogens is 476 g/mol. The minimum atomic E-state index is -0.803. The molecule has 1 atom stereocenters. The van der Waals surface area contributed by atoms with Gasteiger partial charge in [0, 0.05) is 17.3 Å². The maximum atomic E-state index is 12.9. The number of dihydropyridines is 1. The number of phenolic OH excluding ortho intramolecular Hbond substituents is 1. The molecule has 0 bridgehead atoms. The maximum absolute atomic E-state index is 12.9. The van der Waals surface area contributed by atoms with E-state index in [1.54, 1.807) is 30.6 Å². The summed E-state index contributed by atoms with van der Waals surface area (Å²) in [6.07, 6.45) is 3.04. The van der Waals surface area contributed by atoms with Gasteiger partial charge in [-0.25, -0.2) is 9.78 Å². The van der Waals surface area contributed by atoms with Crippen molar-refractivity contribution in [2.24, 2.45) is 0 Å². The molecule has 0 spiro atoms. The zero-order valence-electron chi connectivity index (χ0n) is 18.5. The number of phenols is 1. The standard InChI is InChI=1S/C23H22N4O5S2/c1-4-8-32-22(30)19-13(2)26-21(34-12-18(29)27-23-25-7-9-33-23)15(11-24)20(19)14-5-6-16(28)17(10-14)31-3/h4-7,9-10,20,26,28H,1,8,12H2,2-3H3,(H,25,27,29). The van der Waals surface area contributed by atoms with Crippen LogP contribution in [0.15, 0.2) is 64.3 Å². The first-order valence-corrected chi connectivity index (χ1v) is 11.8. The number of aromatic hydroxyl groups is 1. The molecule has 1 aliphatic heterocycles. The van der Waals surface area contributed by atoms with E-state index in [1.165, 1.54) is 30.6 Å². The second-order valence-electron chi connectivity index (χ2n) is 6.94. The molecule has 3 rings (SSSR count). The number of aromatic nitrogens is 1. The number of benzene rings is 1. The molecule has 1 aliphatic rings. The topological polar surface area (TPSA) is 134 Å². The number of nitriles is 1. The number of rotatable bonds is 9. The molecule has 0 radical (unpaired) electrons. The number of amides is 1. The van der Waals surface area contributed by atoms with Gasteiger partial charge in [-0.15, -0.1) is 11.3 Å². The lowest BCUT2D eigenvalue weighted by molar-refractivity contribution is -0.138. The molecule has 1 aromatic heterocycles. The third kappa shape index (κ3) is 5.59. The Labute approximate surface area is 204 Å². The van der Waals surface area contributed by atoms with E-state index in [0.717, 1.165) is 11.8 Å². The van der Waals surface area contributed by atoms with E-state index in [-0.39, 0.29) is 40.9 Å². The van der Waals surface area contributed by atoms with Crippen LogP contribution in [0.1, 0.15) is 18.4 Å². The number of ether oxygens (including phenoxy) is 2. The lowest BCUT2D eigenvalue weighted by Gasteiger charge is -2.29. The molecule has 2 aromatic rings. The summed E-state index contributed by atoms with van der Waals surface area (Å²) in [4.78, 5) is 29.3. The second-order valence-corrected chi connectivity index (χ2v) is 8.82.